The number of aryl methyl sites for hydroxylation is 2. The molecule has 184 valence electrons. The van der Waals surface area contributed by atoms with Gasteiger partial charge in [-0.05, 0) is 61.2 Å². The summed E-state index contributed by atoms with van der Waals surface area (Å²) in [6, 6.07) is 19.8. The van der Waals surface area contributed by atoms with Gasteiger partial charge in [-0.25, -0.2) is 0 Å². The summed E-state index contributed by atoms with van der Waals surface area (Å²) < 4.78 is 5.86. The van der Waals surface area contributed by atoms with Crippen LogP contribution in [0.3, 0.4) is 0 Å². The van der Waals surface area contributed by atoms with E-state index in [0.717, 1.165) is 22.3 Å². The number of carbonyl (C=O) groups excluding carboxylic acids is 2. The van der Waals surface area contributed by atoms with Crippen LogP contribution in [-0.2, 0) is 22.6 Å². The van der Waals surface area contributed by atoms with Crippen LogP contribution >= 0.6 is 23.2 Å². The summed E-state index contributed by atoms with van der Waals surface area (Å²) in [5.41, 5.74) is 3.44. The molecule has 0 bridgehead atoms. The summed E-state index contributed by atoms with van der Waals surface area (Å²) in [7, 11) is 0. The van der Waals surface area contributed by atoms with Gasteiger partial charge < -0.3 is 15.0 Å². The number of halogens is 2. The number of nitrogens with one attached hydrogen (secondary N) is 1. The molecular weight excluding hydrogens is 483 g/mol. The van der Waals surface area contributed by atoms with E-state index in [0.29, 0.717) is 28.8 Å². The van der Waals surface area contributed by atoms with Crippen molar-refractivity contribution in [1.29, 1.82) is 0 Å². The number of hydrogen-bond acceptors (Lipinski definition) is 3. The SMILES string of the molecule is CCNC(=O)C(Cc1ccccc1)N(Cc1ccccc1Cl)C(=O)COc1cc(C)c(Cl)c(C)c1. The standard InChI is InChI=1S/C28H30Cl2N2O3/c1-4-31-28(34)25(16-21-10-6-5-7-11-21)32(17-22-12-8-9-13-24(22)29)26(33)18-35-23-14-19(2)27(30)20(3)15-23/h5-15,25H,4,16-18H2,1-3H3,(H,31,34). The molecule has 0 aliphatic carbocycles. The van der Waals surface area contributed by atoms with E-state index in [1.54, 1.807) is 23.1 Å². The number of benzene rings is 3. The maximum absolute atomic E-state index is 13.6. The van der Waals surface area contributed by atoms with Crippen molar-refractivity contribution in [1.82, 2.24) is 10.2 Å². The van der Waals surface area contributed by atoms with Crippen LogP contribution in [-0.4, -0.2) is 35.9 Å². The monoisotopic (exact) mass is 512 g/mol. The highest BCUT2D eigenvalue weighted by Gasteiger charge is 2.31. The van der Waals surface area contributed by atoms with Crippen LogP contribution in [0.4, 0.5) is 0 Å². The third-order valence-corrected chi connectivity index (χ3v) is 6.66. The summed E-state index contributed by atoms with van der Waals surface area (Å²) in [5, 5.41) is 4.08. The Labute approximate surface area is 217 Å². The van der Waals surface area contributed by atoms with Gasteiger partial charge in [0.1, 0.15) is 11.8 Å². The van der Waals surface area contributed by atoms with Gasteiger partial charge in [-0.3, -0.25) is 9.59 Å². The zero-order valence-corrected chi connectivity index (χ0v) is 21.7. The average molecular weight is 513 g/mol. The molecule has 3 rings (SSSR count). The van der Waals surface area contributed by atoms with Gasteiger partial charge in [0, 0.05) is 29.6 Å². The Morgan fingerprint density at radius 1 is 0.971 bits per heavy atom. The number of rotatable bonds is 10. The van der Waals surface area contributed by atoms with Gasteiger partial charge in [0.05, 0.1) is 0 Å². The minimum atomic E-state index is -0.738. The van der Waals surface area contributed by atoms with E-state index in [4.69, 9.17) is 27.9 Å². The van der Waals surface area contributed by atoms with Crippen LogP contribution in [0.15, 0.2) is 66.7 Å². The van der Waals surface area contributed by atoms with E-state index in [1.165, 1.54) is 0 Å². The minimum absolute atomic E-state index is 0.176. The van der Waals surface area contributed by atoms with Crippen molar-refractivity contribution in [3.05, 3.63) is 99.0 Å². The molecule has 2 amide bonds. The Bertz CT molecular complexity index is 1140. The lowest BCUT2D eigenvalue weighted by Crippen LogP contribution is -2.51. The molecule has 0 spiro atoms. The first-order chi connectivity index (χ1) is 16.8. The van der Waals surface area contributed by atoms with E-state index >= 15 is 0 Å². The molecule has 0 saturated carbocycles. The summed E-state index contributed by atoms with van der Waals surface area (Å²) in [5.74, 6) is 0.00496. The lowest BCUT2D eigenvalue weighted by atomic mass is 10.0. The number of carbonyl (C=O) groups is 2. The van der Waals surface area contributed by atoms with Gasteiger partial charge in [-0.1, -0.05) is 71.7 Å². The molecule has 1 unspecified atom stereocenters. The predicted octanol–water partition coefficient (Wildman–Crippen LogP) is 5.77. The molecule has 5 nitrogen and oxygen atoms in total. The summed E-state index contributed by atoms with van der Waals surface area (Å²) >= 11 is 12.7. The van der Waals surface area contributed by atoms with Gasteiger partial charge in [-0.15, -0.1) is 0 Å². The van der Waals surface area contributed by atoms with Crippen LogP contribution in [0.25, 0.3) is 0 Å². The molecule has 0 aliphatic heterocycles. The molecule has 1 atom stereocenters. The Kier molecular flexibility index (Phi) is 9.58. The van der Waals surface area contributed by atoms with Crippen LogP contribution in [0, 0.1) is 13.8 Å². The van der Waals surface area contributed by atoms with Gasteiger partial charge in [0.15, 0.2) is 6.61 Å². The molecule has 0 aliphatic rings. The Morgan fingerprint density at radius 3 is 2.23 bits per heavy atom. The van der Waals surface area contributed by atoms with Crippen molar-refractivity contribution < 1.29 is 14.3 Å². The number of ether oxygens (including phenoxy) is 1. The molecule has 1 N–H and O–H groups in total. The van der Waals surface area contributed by atoms with Gasteiger partial charge >= 0.3 is 0 Å². The Balaban J connectivity index is 1.91. The predicted molar refractivity (Wildman–Crippen MR) is 141 cm³/mol. The maximum Gasteiger partial charge on any atom is 0.261 e. The molecule has 3 aromatic carbocycles. The number of likely N-dealkylation sites (N-methyl/N-ethyl adjacent to an activating group) is 1. The van der Waals surface area contributed by atoms with Crippen molar-refractivity contribution >= 4 is 35.0 Å². The summed E-state index contributed by atoms with van der Waals surface area (Å²) in [6.07, 6.45) is 0.363. The molecule has 35 heavy (non-hydrogen) atoms. The van der Waals surface area contributed by atoms with Gasteiger partial charge in [0.25, 0.3) is 5.91 Å². The lowest BCUT2D eigenvalue weighted by Gasteiger charge is -2.31. The third kappa shape index (κ3) is 7.23. The van der Waals surface area contributed by atoms with Crippen molar-refractivity contribution in [3.63, 3.8) is 0 Å². The van der Waals surface area contributed by atoms with Crippen LogP contribution in [0.2, 0.25) is 10.0 Å². The fraction of sp³-hybridized carbons (Fsp3) is 0.286. The molecule has 7 heteroatoms. The average Bonchev–Trinajstić information content (AvgIpc) is 2.85. The zero-order valence-electron chi connectivity index (χ0n) is 20.2. The first-order valence-corrected chi connectivity index (χ1v) is 12.3. The minimum Gasteiger partial charge on any atom is -0.484 e. The smallest absolute Gasteiger partial charge is 0.261 e. The van der Waals surface area contributed by atoms with Crippen molar-refractivity contribution in [2.45, 2.75) is 39.8 Å². The second-order valence-electron chi connectivity index (χ2n) is 8.37. The van der Waals surface area contributed by atoms with E-state index in [9.17, 15) is 9.59 Å². The Hall–Kier alpha value is -3.02. The molecular formula is C28H30Cl2N2O3. The third-order valence-electron chi connectivity index (χ3n) is 5.69. The molecule has 0 heterocycles. The maximum atomic E-state index is 13.6. The quantitative estimate of drug-likeness (QED) is 0.375. The first kappa shape index (κ1) is 26.6. The second kappa shape index (κ2) is 12.6. The highest BCUT2D eigenvalue weighted by molar-refractivity contribution is 6.32. The number of nitrogens with zero attached hydrogens (tertiary/aromatic N) is 1. The first-order valence-electron chi connectivity index (χ1n) is 11.5. The van der Waals surface area contributed by atoms with E-state index in [2.05, 4.69) is 5.32 Å². The van der Waals surface area contributed by atoms with Crippen molar-refractivity contribution in [3.8, 4) is 5.75 Å². The largest absolute Gasteiger partial charge is 0.484 e. The fourth-order valence-electron chi connectivity index (χ4n) is 3.87. The number of amides is 2. The summed E-state index contributed by atoms with van der Waals surface area (Å²) in [6.45, 7) is 6.03. The topological polar surface area (TPSA) is 58.6 Å². The molecule has 3 aromatic rings. The molecule has 0 radical (unpaired) electrons. The lowest BCUT2D eigenvalue weighted by molar-refractivity contribution is -0.142. The zero-order chi connectivity index (χ0) is 25.4. The normalized spacial score (nSPS) is 11.6. The summed E-state index contributed by atoms with van der Waals surface area (Å²) in [4.78, 5) is 28.3. The highest BCUT2D eigenvalue weighted by atomic mass is 35.5. The van der Waals surface area contributed by atoms with E-state index in [-0.39, 0.29) is 25.0 Å². The van der Waals surface area contributed by atoms with Gasteiger partial charge in [0.2, 0.25) is 5.91 Å². The van der Waals surface area contributed by atoms with E-state index < -0.39 is 6.04 Å². The molecule has 0 aromatic heterocycles. The van der Waals surface area contributed by atoms with Crippen LogP contribution < -0.4 is 10.1 Å². The molecule has 0 saturated heterocycles. The van der Waals surface area contributed by atoms with Crippen molar-refractivity contribution in [2.24, 2.45) is 0 Å². The van der Waals surface area contributed by atoms with Crippen LogP contribution in [0.5, 0.6) is 5.75 Å². The van der Waals surface area contributed by atoms with Gasteiger partial charge in [-0.2, -0.15) is 0 Å². The van der Waals surface area contributed by atoms with E-state index in [1.807, 2.05) is 69.3 Å². The second-order valence-corrected chi connectivity index (χ2v) is 9.16. The van der Waals surface area contributed by atoms with Crippen LogP contribution in [0.1, 0.15) is 29.2 Å². The highest BCUT2D eigenvalue weighted by Crippen LogP contribution is 2.26. The van der Waals surface area contributed by atoms with Crippen molar-refractivity contribution in [2.75, 3.05) is 13.2 Å². The Morgan fingerprint density at radius 2 is 1.60 bits per heavy atom. The molecule has 0 fully saturated rings. The number of hydrogen-bond donors (Lipinski definition) is 1. The fourth-order valence-corrected chi connectivity index (χ4v) is 4.18.